The highest BCUT2D eigenvalue weighted by atomic mass is 16.4. The van der Waals surface area contributed by atoms with E-state index in [1.807, 2.05) is 66.5 Å². The Hall–Kier alpha value is -4.27. The number of likely N-dealkylation sites (N-methyl/N-ethyl adjacent to an activating group) is 1. The van der Waals surface area contributed by atoms with Gasteiger partial charge < -0.3 is 19.5 Å². The summed E-state index contributed by atoms with van der Waals surface area (Å²) in [4.78, 5) is 26.2. The number of hydrogen-bond donors (Lipinski definition) is 1. The minimum atomic E-state index is -0.150. The van der Waals surface area contributed by atoms with Gasteiger partial charge in [0.15, 0.2) is 0 Å². The van der Waals surface area contributed by atoms with Crippen LogP contribution >= 0.6 is 0 Å². The standard InChI is InChI=1S/C24H23N7O2/c1-16-28-29-22(33-16)18-9-6-10-19(13-18)31-12-11-30(2)21-20(23(31)32)15-26-24(27-21)25-14-17-7-4-3-5-8-17/h3-10,13,15H,11-12,14H2,1-2H3,(H,25,26,27). The van der Waals surface area contributed by atoms with Gasteiger partial charge in [-0.3, -0.25) is 4.79 Å². The summed E-state index contributed by atoms with van der Waals surface area (Å²) >= 11 is 0. The van der Waals surface area contributed by atoms with Crippen molar-refractivity contribution >= 4 is 23.4 Å². The van der Waals surface area contributed by atoms with Gasteiger partial charge >= 0.3 is 0 Å². The Morgan fingerprint density at radius 3 is 2.70 bits per heavy atom. The lowest BCUT2D eigenvalue weighted by Gasteiger charge is -2.21. The first-order valence-corrected chi connectivity index (χ1v) is 10.7. The molecule has 0 saturated carbocycles. The number of hydrogen-bond acceptors (Lipinski definition) is 8. The summed E-state index contributed by atoms with van der Waals surface area (Å²) in [5.74, 6) is 1.86. The molecule has 5 rings (SSSR count). The van der Waals surface area contributed by atoms with Gasteiger partial charge in [0.1, 0.15) is 11.4 Å². The fourth-order valence-corrected chi connectivity index (χ4v) is 3.75. The summed E-state index contributed by atoms with van der Waals surface area (Å²) < 4.78 is 5.54. The number of amides is 1. The molecule has 2 aromatic heterocycles. The third-order valence-corrected chi connectivity index (χ3v) is 5.49. The predicted molar refractivity (Wildman–Crippen MR) is 125 cm³/mol. The molecule has 1 N–H and O–H groups in total. The quantitative estimate of drug-likeness (QED) is 0.502. The maximum Gasteiger partial charge on any atom is 0.263 e. The van der Waals surface area contributed by atoms with E-state index in [1.165, 1.54) is 0 Å². The van der Waals surface area contributed by atoms with Crippen LogP contribution in [-0.2, 0) is 6.54 Å². The third-order valence-electron chi connectivity index (χ3n) is 5.49. The zero-order valence-corrected chi connectivity index (χ0v) is 18.4. The lowest BCUT2D eigenvalue weighted by Crippen LogP contribution is -2.33. The Bertz CT molecular complexity index is 1290. The summed E-state index contributed by atoms with van der Waals surface area (Å²) in [6, 6.07) is 17.6. The molecule has 0 bridgehead atoms. The molecule has 0 fully saturated rings. The lowest BCUT2D eigenvalue weighted by molar-refractivity contribution is 0.0989. The molecule has 2 aromatic carbocycles. The summed E-state index contributed by atoms with van der Waals surface area (Å²) in [6.07, 6.45) is 1.60. The van der Waals surface area contributed by atoms with Crippen LogP contribution in [0.3, 0.4) is 0 Å². The first-order chi connectivity index (χ1) is 16.1. The van der Waals surface area contributed by atoms with Gasteiger partial charge in [0.2, 0.25) is 17.7 Å². The molecule has 9 heteroatoms. The number of fused-ring (bicyclic) bond motifs is 1. The van der Waals surface area contributed by atoms with Crippen LogP contribution in [-0.4, -0.2) is 46.2 Å². The summed E-state index contributed by atoms with van der Waals surface area (Å²) in [5.41, 5.74) is 3.10. The van der Waals surface area contributed by atoms with Crippen molar-refractivity contribution in [2.75, 3.05) is 35.3 Å². The molecular formula is C24H23N7O2. The highest BCUT2D eigenvalue weighted by Gasteiger charge is 2.28. The maximum absolute atomic E-state index is 13.5. The minimum absolute atomic E-state index is 0.150. The van der Waals surface area contributed by atoms with Crippen molar-refractivity contribution in [3.63, 3.8) is 0 Å². The average Bonchev–Trinajstić information content (AvgIpc) is 3.24. The highest BCUT2D eigenvalue weighted by molar-refractivity contribution is 6.09. The van der Waals surface area contributed by atoms with Crippen LogP contribution in [0.4, 0.5) is 17.5 Å². The summed E-state index contributed by atoms with van der Waals surface area (Å²) in [7, 11) is 1.93. The molecule has 1 aliphatic heterocycles. The number of anilines is 3. The van der Waals surface area contributed by atoms with Crippen LogP contribution in [0.5, 0.6) is 0 Å². The monoisotopic (exact) mass is 441 g/mol. The molecule has 0 radical (unpaired) electrons. The smallest absolute Gasteiger partial charge is 0.263 e. The molecule has 0 spiro atoms. The fourth-order valence-electron chi connectivity index (χ4n) is 3.75. The maximum atomic E-state index is 13.5. The number of nitrogens with one attached hydrogen (secondary N) is 1. The number of aryl methyl sites for hydroxylation is 1. The Morgan fingerprint density at radius 1 is 1.06 bits per heavy atom. The van der Waals surface area contributed by atoms with Crippen molar-refractivity contribution in [2.24, 2.45) is 0 Å². The topological polar surface area (TPSA) is 100 Å². The van der Waals surface area contributed by atoms with Gasteiger partial charge in [-0.15, -0.1) is 10.2 Å². The van der Waals surface area contributed by atoms with Crippen molar-refractivity contribution in [3.8, 4) is 11.5 Å². The van der Waals surface area contributed by atoms with Crippen molar-refractivity contribution < 1.29 is 9.21 Å². The Morgan fingerprint density at radius 2 is 1.91 bits per heavy atom. The number of carbonyl (C=O) groups is 1. The first kappa shape index (κ1) is 20.6. The molecule has 0 atom stereocenters. The van der Waals surface area contributed by atoms with E-state index in [0.717, 1.165) is 16.8 Å². The predicted octanol–water partition coefficient (Wildman–Crippen LogP) is 3.54. The summed E-state index contributed by atoms with van der Waals surface area (Å²) in [6.45, 7) is 3.47. The second-order valence-corrected chi connectivity index (χ2v) is 7.82. The van der Waals surface area contributed by atoms with E-state index in [2.05, 4.69) is 25.5 Å². The van der Waals surface area contributed by atoms with E-state index in [9.17, 15) is 4.79 Å². The molecular weight excluding hydrogens is 418 g/mol. The Kier molecular flexibility index (Phi) is 5.43. The van der Waals surface area contributed by atoms with E-state index in [0.29, 0.717) is 48.7 Å². The van der Waals surface area contributed by atoms with Gasteiger partial charge in [0.05, 0.1) is 0 Å². The second-order valence-electron chi connectivity index (χ2n) is 7.82. The Labute approximate surface area is 191 Å². The van der Waals surface area contributed by atoms with Gasteiger partial charge in [0, 0.05) is 51.1 Å². The van der Waals surface area contributed by atoms with Crippen molar-refractivity contribution in [1.29, 1.82) is 0 Å². The van der Waals surface area contributed by atoms with E-state index in [-0.39, 0.29) is 5.91 Å². The molecule has 0 saturated heterocycles. The normalized spacial score (nSPS) is 13.6. The van der Waals surface area contributed by atoms with E-state index >= 15 is 0 Å². The average molecular weight is 441 g/mol. The molecule has 0 aliphatic carbocycles. The molecule has 3 heterocycles. The number of carbonyl (C=O) groups excluding carboxylic acids is 1. The van der Waals surface area contributed by atoms with Crippen molar-refractivity contribution in [3.05, 3.63) is 77.8 Å². The SMILES string of the molecule is Cc1nnc(-c2cccc(N3CCN(C)c4nc(NCc5ccccc5)ncc4C3=O)c2)o1. The molecule has 9 nitrogen and oxygen atoms in total. The molecule has 4 aromatic rings. The van der Waals surface area contributed by atoms with Crippen molar-refractivity contribution in [1.82, 2.24) is 20.2 Å². The van der Waals surface area contributed by atoms with Gasteiger partial charge in [-0.2, -0.15) is 4.98 Å². The van der Waals surface area contributed by atoms with Crippen LogP contribution in [0.15, 0.2) is 65.2 Å². The number of benzene rings is 2. The molecule has 166 valence electrons. The fraction of sp³-hybridized carbons (Fsp3) is 0.208. The second kappa shape index (κ2) is 8.70. The van der Waals surface area contributed by atoms with Gasteiger partial charge in [-0.25, -0.2) is 4.98 Å². The van der Waals surface area contributed by atoms with Gasteiger partial charge in [0.25, 0.3) is 5.91 Å². The molecule has 0 unspecified atom stereocenters. The lowest BCUT2D eigenvalue weighted by atomic mass is 10.1. The van der Waals surface area contributed by atoms with Gasteiger partial charge in [-0.1, -0.05) is 36.4 Å². The zero-order valence-electron chi connectivity index (χ0n) is 18.4. The molecule has 33 heavy (non-hydrogen) atoms. The first-order valence-electron chi connectivity index (χ1n) is 10.7. The third kappa shape index (κ3) is 4.25. The van der Waals surface area contributed by atoms with Crippen LogP contribution in [0.1, 0.15) is 21.8 Å². The van der Waals surface area contributed by atoms with Crippen LogP contribution in [0, 0.1) is 6.92 Å². The summed E-state index contributed by atoms with van der Waals surface area (Å²) in [5, 5.41) is 11.2. The zero-order chi connectivity index (χ0) is 22.8. The Balaban J connectivity index is 1.41. The minimum Gasteiger partial charge on any atom is -0.421 e. The van der Waals surface area contributed by atoms with E-state index in [1.54, 1.807) is 18.0 Å². The number of rotatable bonds is 5. The number of aromatic nitrogens is 4. The highest BCUT2D eigenvalue weighted by Crippen LogP contribution is 2.29. The van der Waals surface area contributed by atoms with Crippen LogP contribution in [0.25, 0.3) is 11.5 Å². The van der Waals surface area contributed by atoms with E-state index in [4.69, 9.17) is 4.42 Å². The van der Waals surface area contributed by atoms with Crippen molar-refractivity contribution in [2.45, 2.75) is 13.5 Å². The van der Waals surface area contributed by atoms with Gasteiger partial charge in [-0.05, 0) is 23.8 Å². The van der Waals surface area contributed by atoms with E-state index < -0.39 is 0 Å². The molecule has 1 amide bonds. The number of nitrogens with zero attached hydrogens (tertiary/aromatic N) is 6. The van der Waals surface area contributed by atoms with Crippen LogP contribution in [0.2, 0.25) is 0 Å². The van der Waals surface area contributed by atoms with Crippen LogP contribution < -0.4 is 15.1 Å². The molecule has 1 aliphatic rings. The largest absolute Gasteiger partial charge is 0.421 e.